The molecule has 0 aliphatic carbocycles. The predicted molar refractivity (Wildman–Crippen MR) is 87.7 cm³/mol. The highest BCUT2D eigenvalue weighted by molar-refractivity contribution is 7.17. The van der Waals surface area contributed by atoms with Gasteiger partial charge < -0.3 is 5.32 Å². The van der Waals surface area contributed by atoms with Crippen LogP contribution in [0.25, 0.3) is 10.6 Å². The van der Waals surface area contributed by atoms with Crippen LogP contribution in [-0.2, 0) is 6.54 Å². The molecule has 1 amide bonds. The van der Waals surface area contributed by atoms with E-state index in [4.69, 9.17) is 0 Å². The second-order valence-electron chi connectivity index (χ2n) is 4.98. The summed E-state index contributed by atoms with van der Waals surface area (Å²) in [6.45, 7) is 2.16. The molecule has 0 unspecified atom stereocenters. The molecule has 1 aromatic carbocycles. The number of hydrogen-bond acceptors (Lipinski definition) is 4. The van der Waals surface area contributed by atoms with E-state index in [9.17, 15) is 9.18 Å². The number of carbonyl (C=O) groups is 1. The van der Waals surface area contributed by atoms with Gasteiger partial charge in [0.1, 0.15) is 15.7 Å². The molecule has 0 bridgehead atoms. The summed E-state index contributed by atoms with van der Waals surface area (Å²) in [6.07, 6.45) is 3.39. The van der Waals surface area contributed by atoms with E-state index >= 15 is 0 Å². The summed E-state index contributed by atoms with van der Waals surface area (Å²) in [4.78, 5) is 21.3. The van der Waals surface area contributed by atoms with Gasteiger partial charge in [-0.25, -0.2) is 9.37 Å². The highest BCUT2D eigenvalue weighted by Gasteiger charge is 2.15. The minimum atomic E-state index is -0.291. The minimum Gasteiger partial charge on any atom is -0.347 e. The summed E-state index contributed by atoms with van der Waals surface area (Å²) in [5.41, 5.74) is 2.47. The Morgan fingerprint density at radius 3 is 2.57 bits per heavy atom. The van der Waals surface area contributed by atoms with Crippen molar-refractivity contribution in [2.45, 2.75) is 13.5 Å². The number of halogens is 1. The molecule has 0 aliphatic heterocycles. The number of nitrogens with one attached hydrogen (secondary N) is 1. The number of amides is 1. The van der Waals surface area contributed by atoms with E-state index < -0.39 is 0 Å². The zero-order valence-corrected chi connectivity index (χ0v) is 13.2. The lowest BCUT2D eigenvalue weighted by Gasteiger charge is -2.04. The predicted octanol–water partition coefficient (Wildman–Crippen LogP) is 3.58. The Kier molecular flexibility index (Phi) is 4.43. The number of pyridine rings is 1. The molecule has 0 spiro atoms. The lowest BCUT2D eigenvalue weighted by Crippen LogP contribution is -2.22. The summed E-state index contributed by atoms with van der Waals surface area (Å²) in [5, 5.41) is 3.63. The van der Waals surface area contributed by atoms with Gasteiger partial charge in [-0.2, -0.15) is 0 Å². The van der Waals surface area contributed by atoms with Crippen LogP contribution in [0.2, 0.25) is 0 Å². The van der Waals surface area contributed by atoms with Gasteiger partial charge in [-0.3, -0.25) is 9.78 Å². The SMILES string of the molecule is Cc1nc(-c2ccncc2)sc1C(=O)NCc1ccc(F)cc1. The van der Waals surface area contributed by atoms with Crippen molar-refractivity contribution >= 4 is 17.2 Å². The average molecular weight is 327 g/mol. The quantitative estimate of drug-likeness (QED) is 0.797. The maximum absolute atomic E-state index is 12.9. The Balaban J connectivity index is 1.72. The first-order chi connectivity index (χ1) is 11.1. The van der Waals surface area contributed by atoms with E-state index in [1.807, 2.05) is 19.1 Å². The Hall–Kier alpha value is -2.60. The standard InChI is InChI=1S/C17H14FN3OS/c1-11-15(23-17(21-11)13-6-8-19-9-7-13)16(22)20-10-12-2-4-14(18)5-3-12/h2-9H,10H2,1H3,(H,20,22). The first kappa shape index (κ1) is 15.3. The largest absolute Gasteiger partial charge is 0.347 e. The van der Waals surface area contributed by atoms with E-state index in [2.05, 4.69) is 15.3 Å². The van der Waals surface area contributed by atoms with Crippen molar-refractivity contribution in [3.8, 4) is 10.6 Å². The molecule has 0 saturated carbocycles. The van der Waals surface area contributed by atoms with Gasteiger partial charge in [0.05, 0.1) is 5.69 Å². The fourth-order valence-corrected chi connectivity index (χ4v) is 3.08. The normalized spacial score (nSPS) is 10.5. The molecule has 116 valence electrons. The maximum atomic E-state index is 12.9. The van der Waals surface area contributed by atoms with Crippen LogP contribution < -0.4 is 5.32 Å². The van der Waals surface area contributed by atoms with Gasteiger partial charge in [-0.1, -0.05) is 12.1 Å². The number of rotatable bonds is 4. The van der Waals surface area contributed by atoms with Crippen molar-refractivity contribution in [2.24, 2.45) is 0 Å². The van der Waals surface area contributed by atoms with Crippen LogP contribution in [-0.4, -0.2) is 15.9 Å². The molecule has 3 rings (SSSR count). The number of benzene rings is 1. The zero-order chi connectivity index (χ0) is 16.2. The van der Waals surface area contributed by atoms with Crippen LogP contribution in [0.5, 0.6) is 0 Å². The summed E-state index contributed by atoms with van der Waals surface area (Å²) < 4.78 is 12.9. The Labute approximate surface area is 137 Å². The highest BCUT2D eigenvalue weighted by atomic mass is 32.1. The molecule has 1 N–H and O–H groups in total. The molecule has 2 heterocycles. The van der Waals surface area contributed by atoms with Crippen molar-refractivity contribution in [3.63, 3.8) is 0 Å². The van der Waals surface area contributed by atoms with Gasteiger partial charge in [-0.15, -0.1) is 11.3 Å². The van der Waals surface area contributed by atoms with Crippen molar-refractivity contribution in [2.75, 3.05) is 0 Å². The van der Waals surface area contributed by atoms with Gasteiger partial charge in [0.15, 0.2) is 0 Å². The number of aryl methyl sites for hydroxylation is 1. The Morgan fingerprint density at radius 1 is 1.17 bits per heavy atom. The van der Waals surface area contributed by atoms with Crippen LogP contribution in [0, 0.1) is 12.7 Å². The van der Waals surface area contributed by atoms with Crippen molar-refractivity contribution in [1.29, 1.82) is 0 Å². The number of hydrogen-bond donors (Lipinski definition) is 1. The fraction of sp³-hybridized carbons (Fsp3) is 0.118. The molecule has 2 aromatic heterocycles. The third-order valence-corrected chi connectivity index (χ3v) is 4.50. The van der Waals surface area contributed by atoms with Crippen LogP contribution in [0.15, 0.2) is 48.8 Å². The molecule has 0 atom stereocenters. The number of carbonyl (C=O) groups excluding carboxylic acids is 1. The molecular formula is C17H14FN3OS. The van der Waals surface area contributed by atoms with Crippen molar-refractivity contribution in [3.05, 3.63) is 70.7 Å². The minimum absolute atomic E-state index is 0.176. The molecule has 23 heavy (non-hydrogen) atoms. The highest BCUT2D eigenvalue weighted by Crippen LogP contribution is 2.27. The lowest BCUT2D eigenvalue weighted by molar-refractivity contribution is 0.0954. The summed E-state index contributed by atoms with van der Waals surface area (Å²) >= 11 is 1.35. The van der Waals surface area contributed by atoms with Crippen LogP contribution in [0.3, 0.4) is 0 Å². The fourth-order valence-electron chi connectivity index (χ4n) is 2.09. The molecule has 0 radical (unpaired) electrons. The van der Waals surface area contributed by atoms with E-state index in [0.717, 1.165) is 16.1 Å². The Morgan fingerprint density at radius 2 is 1.87 bits per heavy atom. The molecular weight excluding hydrogens is 313 g/mol. The Bertz CT molecular complexity index is 816. The molecule has 3 aromatic rings. The topological polar surface area (TPSA) is 54.9 Å². The average Bonchev–Trinajstić information content (AvgIpc) is 2.97. The number of thiazole rings is 1. The number of nitrogens with zero attached hydrogens (tertiary/aromatic N) is 2. The third-order valence-electron chi connectivity index (χ3n) is 3.30. The van der Waals surface area contributed by atoms with Gasteiger partial charge in [0.25, 0.3) is 5.91 Å². The van der Waals surface area contributed by atoms with Gasteiger partial charge >= 0.3 is 0 Å². The van der Waals surface area contributed by atoms with Crippen LogP contribution >= 0.6 is 11.3 Å². The molecule has 0 saturated heterocycles. The van der Waals surface area contributed by atoms with Crippen molar-refractivity contribution in [1.82, 2.24) is 15.3 Å². The second kappa shape index (κ2) is 6.66. The molecule has 6 heteroatoms. The van der Waals surface area contributed by atoms with Gasteiger partial charge in [-0.05, 0) is 36.8 Å². The lowest BCUT2D eigenvalue weighted by atomic mass is 10.2. The summed E-state index contributed by atoms with van der Waals surface area (Å²) in [6, 6.07) is 9.77. The van der Waals surface area contributed by atoms with Crippen LogP contribution in [0.1, 0.15) is 20.9 Å². The van der Waals surface area contributed by atoms with Gasteiger partial charge in [0, 0.05) is 24.5 Å². The van der Waals surface area contributed by atoms with E-state index in [-0.39, 0.29) is 11.7 Å². The number of aromatic nitrogens is 2. The van der Waals surface area contributed by atoms with Crippen molar-refractivity contribution < 1.29 is 9.18 Å². The summed E-state index contributed by atoms with van der Waals surface area (Å²) in [5.74, 6) is -0.468. The zero-order valence-electron chi connectivity index (χ0n) is 12.4. The molecule has 4 nitrogen and oxygen atoms in total. The third kappa shape index (κ3) is 3.60. The van der Waals surface area contributed by atoms with E-state index in [1.54, 1.807) is 24.5 Å². The van der Waals surface area contributed by atoms with Crippen LogP contribution in [0.4, 0.5) is 4.39 Å². The maximum Gasteiger partial charge on any atom is 0.263 e. The van der Waals surface area contributed by atoms with E-state index in [0.29, 0.717) is 17.1 Å². The molecule has 0 fully saturated rings. The second-order valence-corrected chi connectivity index (χ2v) is 5.98. The van der Waals surface area contributed by atoms with E-state index in [1.165, 1.54) is 23.5 Å². The molecule has 0 aliphatic rings. The monoisotopic (exact) mass is 327 g/mol. The summed E-state index contributed by atoms with van der Waals surface area (Å²) in [7, 11) is 0. The first-order valence-corrected chi connectivity index (χ1v) is 7.85. The first-order valence-electron chi connectivity index (χ1n) is 7.04. The van der Waals surface area contributed by atoms with Gasteiger partial charge in [0.2, 0.25) is 0 Å². The smallest absolute Gasteiger partial charge is 0.263 e.